The summed E-state index contributed by atoms with van der Waals surface area (Å²) < 4.78 is 51.7. The summed E-state index contributed by atoms with van der Waals surface area (Å²) in [6, 6.07) is 4.53. The second-order valence-electron chi connectivity index (χ2n) is 4.03. The van der Waals surface area contributed by atoms with E-state index < -0.39 is 23.8 Å². The molecule has 2 rings (SSSR count). The van der Waals surface area contributed by atoms with Gasteiger partial charge in [-0.1, -0.05) is 6.07 Å². The van der Waals surface area contributed by atoms with Gasteiger partial charge in [-0.2, -0.15) is 18.3 Å². The average Bonchev–Trinajstić information content (AvgIpc) is 2.77. The number of aromatic nitrogens is 2. The Morgan fingerprint density at radius 2 is 1.95 bits per heavy atom. The molecular formula is C12H10F4N2O. The Kier molecular flexibility index (Phi) is 3.32. The van der Waals surface area contributed by atoms with Crippen molar-refractivity contribution in [3.63, 3.8) is 0 Å². The molecule has 0 radical (unpaired) electrons. The Morgan fingerprint density at radius 3 is 2.42 bits per heavy atom. The predicted octanol–water partition coefficient (Wildman–Crippen LogP) is 3.08. The Bertz CT molecular complexity index is 590. The molecule has 19 heavy (non-hydrogen) atoms. The van der Waals surface area contributed by atoms with Gasteiger partial charge >= 0.3 is 6.18 Å². The van der Waals surface area contributed by atoms with Crippen LogP contribution in [0.5, 0.6) is 0 Å². The summed E-state index contributed by atoms with van der Waals surface area (Å²) in [5.74, 6) is -0.754. The third-order valence-electron chi connectivity index (χ3n) is 2.58. The van der Waals surface area contributed by atoms with E-state index in [0.29, 0.717) is 5.56 Å². The topological polar surface area (TPSA) is 38.0 Å². The third-order valence-corrected chi connectivity index (χ3v) is 2.58. The van der Waals surface area contributed by atoms with Gasteiger partial charge in [0.1, 0.15) is 11.5 Å². The molecule has 0 spiro atoms. The van der Waals surface area contributed by atoms with Crippen molar-refractivity contribution >= 4 is 0 Å². The zero-order chi connectivity index (χ0) is 14.2. The number of rotatable bonds is 2. The van der Waals surface area contributed by atoms with E-state index in [0.717, 1.165) is 23.0 Å². The van der Waals surface area contributed by atoms with Gasteiger partial charge in [0.05, 0.1) is 6.10 Å². The fourth-order valence-electron chi connectivity index (χ4n) is 1.58. The molecule has 0 aliphatic carbocycles. The molecular weight excluding hydrogens is 264 g/mol. The van der Waals surface area contributed by atoms with Crippen LogP contribution in [0.2, 0.25) is 0 Å². The Balaban J connectivity index is 2.40. The molecule has 0 saturated carbocycles. The monoisotopic (exact) mass is 274 g/mol. The molecule has 3 nitrogen and oxygen atoms in total. The number of alkyl halides is 3. The van der Waals surface area contributed by atoms with Gasteiger partial charge in [-0.3, -0.25) is 0 Å². The molecule has 0 fully saturated rings. The van der Waals surface area contributed by atoms with E-state index in [2.05, 4.69) is 5.10 Å². The lowest BCUT2D eigenvalue weighted by atomic mass is 10.1. The largest absolute Gasteiger partial charge is 0.435 e. The van der Waals surface area contributed by atoms with Crippen molar-refractivity contribution < 1.29 is 22.7 Å². The highest BCUT2D eigenvalue weighted by Crippen LogP contribution is 2.28. The minimum absolute atomic E-state index is 0.111. The van der Waals surface area contributed by atoms with E-state index in [-0.39, 0.29) is 5.69 Å². The Hall–Kier alpha value is -1.89. The van der Waals surface area contributed by atoms with Crippen LogP contribution < -0.4 is 0 Å². The van der Waals surface area contributed by atoms with Crippen LogP contribution in [-0.4, -0.2) is 14.9 Å². The quantitative estimate of drug-likeness (QED) is 0.855. The SMILES string of the molecule is CC(O)c1ccc(-n2ccc(C(F)(F)F)n2)c(F)c1. The molecule has 0 bridgehead atoms. The van der Waals surface area contributed by atoms with Gasteiger partial charge in [-0.05, 0) is 30.7 Å². The van der Waals surface area contributed by atoms with Crippen LogP contribution in [0.4, 0.5) is 17.6 Å². The van der Waals surface area contributed by atoms with Gasteiger partial charge in [0.25, 0.3) is 0 Å². The van der Waals surface area contributed by atoms with Crippen LogP contribution in [-0.2, 0) is 6.18 Å². The summed E-state index contributed by atoms with van der Waals surface area (Å²) in [5.41, 5.74) is -0.865. The summed E-state index contributed by atoms with van der Waals surface area (Å²) in [6.45, 7) is 1.46. The predicted molar refractivity (Wildman–Crippen MR) is 59.2 cm³/mol. The Morgan fingerprint density at radius 1 is 1.26 bits per heavy atom. The zero-order valence-corrected chi connectivity index (χ0v) is 9.82. The van der Waals surface area contributed by atoms with E-state index >= 15 is 0 Å². The maximum absolute atomic E-state index is 13.7. The van der Waals surface area contributed by atoms with Crippen LogP contribution in [0.25, 0.3) is 5.69 Å². The first-order chi connectivity index (χ1) is 8.79. The molecule has 1 unspecified atom stereocenters. The summed E-state index contributed by atoms with van der Waals surface area (Å²) in [7, 11) is 0. The molecule has 1 atom stereocenters. The van der Waals surface area contributed by atoms with Crippen LogP contribution in [0.3, 0.4) is 0 Å². The number of halogens is 4. The molecule has 1 aromatic carbocycles. The molecule has 1 N–H and O–H groups in total. The van der Waals surface area contributed by atoms with E-state index in [4.69, 9.17) is 0 Å². The maximum Gasteiger partial charge on any atom is 0.435 e. The first kappa shape index (κ1) is 13.5. The van der Waals surface area contributed by atoms with Gasteiger partial charge in [0.15, 0.2) is 5.69 Å². The van der Waals surface area contributed by atoms with Crippen molar-refractivity contribution in [2.24, 2.45) is 0 Å². The summed E-state index contributed by atoms with van der Waals surface area (Å²) in [6.07, 6.45) is -4.39. The van der Waals surface area contributed by atoms with Gasteiger partial charge in [-0.25, -0.2) is 9.07 Å². The van der Waals surface area contributed by atoms with E-state index in [9.17, 15) is 22.7 Å². The van der Waals surface area contributed by atoms with Crippen LogP contribution in [0.15, 0.2) is 30.5 Å². The summed E-state index contributed by atoms with van der Waals surface area (Å²) in [5, 5.41) is 12.6. The molecule has 2 aromatic rings. The van der Waals surface area contributed by atoms with Crippen LogP contribution in [0.1, 0.15) is 24.3 Å². The van der Waals surface area contributed by atoms with E-state index in [1.807, 2.05) is 0 Å². The minimum atomic E-state index is -4.57. The highest BCUT2D eigenvalue weighted by atomic mass is 19.4. The normalized spacial score (nSPS) is 13.6. The first-order valence-electron chi connectivity index (χ1n) is 5.40. The minimum Gasteiger partial charge on any atom is -0.389 e. The lowest BCUT2D eigenvalue weighted by Gasteiger charge is -2.08. The lowest BCUT2D eigenvalue weighted by Crippen LogP contribution is -2.08. The van der Waals surface area contributed by atoms with Crippen LogP contribution >= 0.6 is 0 Å². The lowest BCUT2D eigenvalue weighted by molar-refractivity contribution is -0.141. The first-order valence-corrected chi connectivity index (χ1v) is 5.40. The second kappa shape index (κ2) is 4.65. The summed E-state index contributed by atoms with van der Waals surface area (Å²) in [4.78, 5) is 0. The van der Waals surface area contributed by atoms with Gasteiger partial charge < -0.3 is 5.11 Å². The molecule has 102 valence electrons. The van der Waals surface area contributed by atoms with Crippen molar-refractivity contribution in [2.45, 2.75) is 19.2 Å². The standard InChI is InChI=1S/C12H10F4N2O/c1-7(19)8-2-3-10(9(13)6-8)18-5-4-11(17-18)12(14,15)16/h2-7,19H,1H3. The van der Waals surface area contributed by atoms with Gasteiger partial charge in [0, 0.05) is 6.20 Å². The van der Waals surface area contributed by atoms with Crippen molar-refractivity contribution in [3.8, 4) is 5.69 Å². The van der Waals surface area contributed by atoms with Crippen molar-refractivity contribution in [2.75, 3.05) is 0 Å². The molecule has 1 aromatic heterocycles. The Labute approximate surface area is 106 Å². The molecule has 1 heterocycles. The smallest absolute Gasteiger partial charge is 0.389 e. The van der Waals surface area contributed by atoms with E-state index in [1.165, 1.54) is 19.1 Å². The number of hydrogen-bond acceptors (Lipinski definition) is 2. The number of aliphatic hydroxyl groups is 1. The fourth-order valence-corrected chi connectivity index (χ4v) is 1.58. The average molecular weight is 274 g/mol. The van der Waals surface area contributed by atoms with Crippen molar-refractivity contribution in [3.05, 3.63) is 47.5 Å². The van der Waals surface area contributed by atoms with E-state index in [1.54, 1.807) is 0 Å². The van der Waals surface area contributed by atoms with Crippen LogP contribution in [0, 0.1) is 5.82 Å². The molecule has 0 amide bonds. The number of benzene rings is 1. The second-order valence-corrected chi connectivity index (χ2v) is 4.03. The highest BCUT2D eigenvalue weighted by Gasteiger charge is 2.33. The van der Waals surface area contributed by atoms with Gasteiger partial charge in [0.2, 0.25) is 0 Å². The fraction of sp³-hybridized carbons (Fsp3) is 0.250. The van der Waals surface area contributed by atoms with Gasteiger partial charge in [-0.15, -0.1) is 0 Å². The maximum atomic E-state index is 13.7. The number of aliphatic hydroxyl groups excluding tert-OH is 1. The van der Waals surface area contributed by atoms with Crippen molar-refractivity contribution in [1.29, 1.82) is 0 Å². The summed E-state index contributed by atoms with van der Waals surface area (Å²) >= 11 is 0. The number of nitrogens with zero attached hydrogens (tertiary/aromatic N) is 2. The molecule has 0 aliphatic heterocycles. The molecule has 0 saturated heterocycles. The number of hydrogen-bond donors (Lipinski definition) is 1. The zero-order valence-electron chi connectivity index (χ0n) is 9.82. The highest BCUT2D eigenvalue weighted by molar-refractivity contribution is 5.36. The third kappa shape index (κ3) is 2.76. The molecule has 0 aliphatic rings. The van der Waals surface area contributed by atoms with Crippen molar-refractivity contribution in [1.82, 2.24) is 9.78 Å². The molecule has 7 heteroatoms.